The van der Waals surface area contributed by atoms with E-state index in [9.17, 15) is 24.3 Å². The molecule has 3 amide bonds. The Labute approximate surface area is 165 Å². The summed E-state index contributed by atoms with van der Waals surface area (Å²) in [6.07, 6.45) is 2.12. The summed E-state index contributed by atoms with van der Waals surface area (Å²) in [6, 6.07) is 11.4. The van der Waals surface area contributed by atoms with Crippen molar-refractivity contribution in [2.24, 2.45) is 0 Å². The normalized spacial score (nSPS) is 14.0. The Morgan fingerprint density at radius 1 is 1.04 bits per heavy atom. The van der Waals surface area contributed by atoms with Crippen LogP contribution in [0.25, 0.3) is 0 Å². The van der Waals surface area contributed by atoms with Crippen LogP contribution in [0, 0.1) is 0 Å². The SMILES string of the molecule is CSCC[C@@H](C(=O)Nc1ccccc1C(=O)O)N1C(=O)c2ccccc2C1=O. The van der Waals surface area contributed by atoms with Gasteiger partial charge in [-0.1, -0.05) is 24.3 Å². The third-order valence-corrected chi connectivity index (χ3v) is 5.09. The van der Waals surface area contributed by atoms with E-state index in [1.807, 2.05) is 6.26 Å². The Bertz CT molecular complexity index is 924. The fraction of sp³-hybridized carbons (Fsp3) is 0.200. The van der Waals surface area contributed by atoms with E-state index in [4.69, 9.17) is 0 Å². The Hall–Kier alpha value is -3.13. The first kappa shape index (κ1) is 19.6. The van der Waals surface area contributed by atoms with Crippen LogP contribution in [0.3, 0.4) is 0 Å². The number of carbonyl (C=O) groups excluding carboxylic acids is 3. The molecule has 0 aromatic heterocycles. The highest BCUT2D eigenvalue weighted by atomic mass is 32.2. The molecule has 28 heavy (non-hydrogen) atoms. The molecule has 1 aliphatic rings. The first-order valence-corrected chi connectivity index (χ1v) is 9.94. The van der Waals surface area contributed by atoms with Gasteiger partial charge >= 0.3 is 5.97 Å². The minimum Gasteiger partial charge on any atom is -0.478 e. The fourth-order valence-corrected chi connectivity index (χ4v) is 3.55. The molecule has 1 heterocycles. The third-order valence-electron chi connectivity index (χ3n) is 4.45. The number of benzene rings is 2. The third kappa shape index (κ3) is 3.63. The first-order chi connectivity index (χ1) is 13.5. The lowest BCUT2D eigenvalue weighted by molar-refractivity contribution is -0.120. The van der Waals surface area contributed by atoms with Crippen molar-refractivity contribution in [3.8, 4) is 0 Å². The van der Waals surface area contributed by atoms with Gasteiger partial charge in [-0.25, -0.2) is 4.79 Å². The van der Waals surface area contributed by atoms with E-state index in [0.717, 1.165) is 4.90 Å². The highest BCUT2D eigenvalue weighted by molar-refractivity contribution is 7.98. The lowest BCUT2D eigenvalue weighted by Crippen LogP contribution is -2.47. The average Bonchev–Trinajstić information content (AvgIpc) is 2.94. The van der Waals surface area contributed by atoms with E-state index >= 15 is 0 Å². The van der Waals surface area contributed by atoms with E-state index in [1.54, 1.807) is 36.4 Å². The molecule has 0 bridgehead atoms. The minimum atomic E-state index is -1.18. The summed E-state index contributed by atoms with van der Waals surface area (Å²) < 4.78 is 0. The Morgan fingerprint density at radius 2 is 1.61 bits per heavy atom. The number of carbonyl (C=O) groups is 4. The fourth-order valence-electron chi connectivity index (χ4n) is 3.09. The zero-order chi connectivity index (χ0) is 20.3. The quantitative estimate of drug-likeness (QED) is 0.695. The van der Waals surface area contributed by atoms with Gasteiger partial charge < -0.3 is 10.4 Å². The van der Waals surface area contributed by atoms with E-state index in [-0.39, 0.29) is 28.8 Å². The van der Waals surface area contributed by atoms with Gasteiger partial charge in [0.2, 0.25) is 5.91 Å². The molecule has 0 saturated heterocycles. The number of hydrogen-bond acceptors (Lipinski definition) is 5. The average molecular weight is 398 g/mol. The van der Waals surface area contributed by atoms with Crippen molar-refractivity contribution in [3.05, 3.63) is 65.2 Å². The Morgan fingerprint density at radius 3 is 2.18 bits per heavy atom. The number of anilines is 1. The van der Waals surface area contributed by atoms with Crippen LogP contribution in [-0.2, 0) is 4.79 Å². The molecule has 2 aromatic carbocycles. The molecule has 2 N–H and O–H groups in total. The van der Waals surface area contributed by atoms with E-state index in [2.05, 4.69) is 5.32 Å². The number of fused-ring (bicyclic) bond motifs is 1. The molecule has 0 aliphatic carbocycles. The zero-order valence-corrected chi connectivity index (χ0v) is 15.9. The Kier molecular flexibility index (Phi) is 5.79. The molecule has 0 saturated carbocycles. The molecule has 144 valence electrons. The minimum absolute atomic E-state index is 0.0678. The van der Waals surface area contributed by atoms with E-state index in [1.165, 1.54) is 23.9 Å². The van der Waals surface area contributed by atoms with Crippen molar-refractivity contribution in [3.63, 3.8) is 0 Å². The maximum absolute atomic E-state index is 13.0. The molecule has 8 heteroatoms. The summed E-state index contributed by atoms with van der Waals surface area (Å²) >= 11 is 1.48. The summed E-state index contributed by atoms with van der Waals surface area (Å²) in [7, 11) is 0. The van der Waals surface area contributed by atoms with E-state index in [0.29, 0.717) is 5.75 Å². The molecule has 1 aliphatic heterocycles. The summed E-state index contributed by atoms with van der Waals surface area (Å²) in [5.41, 5.74) is 0.577. The highest BCUT2D eigenvalue weighted by Crippen LogP contribution is 2.27. The van der Waals surface area contributed by atoms with Gasteiger partial charge in [0.05, 0.1) is 22.4 Å². The number of rotatable bonds is 7. The number of para-hydroxylation sites is 1. The number of carboxylic acids is 1. The smallest absolute Gasteiger partial charge is 0.337 e. The van der Waals surface area contributed by atoms with Gasteiger partial charge in [-0.3, -0.25) is 19.3 Å². The molecule has 0 spiro atoms. The van der Waals surface area contributed by atoms with Crippen LogP contribution in [0.15, 0.2) is 48.5 Å². The lowest BCUT2D eigenvalue weighted by atomic mass is 10.1. The van der Waals surface area contributed by atoms with Crippen molar-refractivity contribution < 1.29 is 24.3 Å². The molecule has 0 fully saturated rings. The van der Waals surface area contributed by atoms with Crippen molar-refractivity contribution in [2.75, 3.05) is 17.3 Å². The van der Waals surface area contributed by atoms with Gasteiger partial charge in [0.15, 0.2) is 0 Å². The van der Waals surface area contributed by atoms with Crippen LogP contribution in [0.4, 0.5) is 5.69 Å². The van der Waals surface area contributed by atoms with Gasteiger partial charge in [-0.15, -0.1) is 0 Å². The number of aromatic carboxylic acids is 1. The zero-order valence-electron chi connectivity index (χ0n) is 15.0. The van der Waals surface area contributed by atoms with Crippen LogP contribution in [0.1, 0.15) is 37.5 Å². The predicted molar refractivity (Wildman–Crippen MR) is 106 cm³/mol. The second-order valence-electron chi connectivity index (χ2n) is 6.16. The topological polar surface area (TPSA) is 104 Å². The molecular weight excluding hydrogens is 380 g/mol. The van der Waals surface area contributed by atoms with Crippen LogP contribution < -0.4 is 5.32 Å². The number of nitrogens with one attached hydrogen (secondary N) is 1. The van der Waals surface area contributed by atoms with Crippen LogP contribution in [0.5, 0.6) is 0 Å². The summed E-state index contributed by atoms with van der Waals surface area (Å²) in [6.45, 7) is 0. The van der Waals surface area contributed by atoms with Crippen molar-refractivity contribution >= 4 is 41.1 Å². The van der Waals surface area contributed by atoms with Gasteiger partial charge in [-0.2, -0.15) is 11.8 Å². The van der Waals surface area contributed by atoms with Crippen molar-refractivity contribution in [2.45, 2.75) is 12.5 Å². The molecule has 0 unspecified atom stereocenters. The van der Waals surface area contributed by atoms with Gasteiger partial charge in [0.25, 0.3) is 11.8 Å². The molecule has 3 rings (SSSR count). The lowest BCUT2D eigenvalue weighted by Gasteiger charge is -2.25. The predicted octanol–water partition coefficient (Wildman–Crippen LogP) is 2.74. The molecule has 2 aromatic rings. The van der Waals surface area contributed by atoms with Gasteiger partial charge in [-0.05, 0) is 42.7 Å². The Balaban J connectivity index is 1.91. The largest absolute Gasteiger partial charge is 0.478 e. The van der Waals surface area contributed by atoms with Crippen LogP contribution in [0.2, 0.25) is 0 Å². The van der Waals surface area contributed by atoms with Crippen molar-refractivity contribution in [1.82, 2.24) is 4.90 Å². The summed E-state index contributed by atoms with van der Waals surface area (Å²) in [5, 5.41) is 11.9. The number of nitrogens with zero attached hydrogens (tertiary/aromatic N) is 1. The number of amides is 3. The van der Waals surface area contributed by atoms with Crippen LogP contribution >= 0.6 is 11.8 Å². The number of hydrogen-bond donors (Lipinski definition) is 2. The molecule has 1 atom stereocenters. The maximum atomic E-state index is 13.0. The van der Waals surface area contributed by atoms with Crippen molar-refractivity contribution in [1.29, 1.82) is 0 Å². The van der Waals surface area contributed by atoms with Gasteiger partial charge in [0, 0.05) is 0 Å². The summed E-state index contributed by atoms with van der Waals surface area (Å²) in [5.74, 6) is -2.28. The van der Waals surface area contributed by atoms with E-state index < -0.39 is 29.7 Å². The first-order valence-electron chi connectivity index (χ1n) is 8.54. The second kappa shape index (κ2) is 8.26. The molecular formula is C20H18N2O5S. The number of imide groups is 1. The van der Waals surface area contributed by atoms with Crippen LogP contribution in [-0.4, -0.2) is 51.7 Å². The number of thioether (sulfide) groups is 1. The molecule has 0 radical (unpaired) electrons. The highest BCUT2D eigenvalue weighted by Gasteiger charge is 2.42. The summed E-state index contributed by atoms with van der Waals surface area (Å²) in [4.78, 5) is 50.9. The standard InChI is InChI=1S/C20H18N2O5S/c1-28-11-10-16(17(23)21-15-9-5-4-8-14(15)20(26)27)22-18(24)12-6-2-3-7-13(12)19(22)25/h2-9,16H,10-11H2,1H3,(H,21,23)(H,26,27)/t16-/m0/s1. The molecule has 7 nitrogen and oxygen atoms in total. The number of carboxylic acid groups (broad SMARTS) is 1. The van der Waals surface area contributed by atoms with Gasteiger partial charge in [0.1, 0.15) is 6.04 Å². The monoisotopic (exact) mass is 398 g/mol. The second-order valence-corrected chi connectivity index (χ2v) is 7.15. The maximum Gasteiger partial charge on any atom is 0.337 e.